The van der Waals surface area contributed by atoms with E-state index >= 15 is 0 Å². The van der Waals surface area contributed by atoms with Crippen LogP contribution in [0, 0.1) is 11.8 Å². The van der Waals surface area contributed by atoms with E-state index in [9.17, 15) is 19.8 Å². The predicted octanol–water partition coefficient (Wildman–Crippen LogP) is 2.44. The minimum Gasteiger partial charge on any atom is -0.550 e. The Morgan fingerprint density at radius 1 is 0.879 bits per heavy atom. The number of nitrogen functional groups attached to an aromatic ring is 1. The van der Waals surface area contributed by atoms with Gasteiger partial charge < -0.3 is 25.2 Å². The minimum absolute atomic E-state index is 0. The third-order valence-electron chi connectivity index (χ3n) is 4.92. The smallest absolute Gasteiger partial charge is 0.550 e. The molecule has 0 aliphatic rings. The van der Waals surface area contributed by atoms with Crippen LogP contribution in [0.5, 0.6) is 0 Å². The number of benzene rings is 1. The van der Waals surface area contributed by atoms with Crippen LogP contribution in [0.3, 0.4) is 0 Å². The molecule has 0 saturated heterocycles. The molecule has 9 heteroatoms. The third-order valence-corrected chi connectivity index (χ3v) is 4.92. The number of carbonyl (C=O) groups is 2. The van der Waals surface area contributed by atoms with Crippen LogP contribution < -0.4 is 21.5 Å². The fourth-order valence-electron chi connectivity index (χ4n) is 3.29. The standard InChI is InChI=1S/C8H8N4.2C8H16O2.Mg/c9-11-8-7-4-2-1-3-6(7)5-10-12-8;2*1-3-5-7(6-4-2)8(9)10;/h1-5H,9H2,(H,11,12);2*7H,3-6H2,1-2H3,(H,9,10);/q;;;+2/p-2. The minimum atomic E-state index is -0.885. The van der Waals surface area contributed by atoms with Crippen LogP contribution in [-0.2, 0) is 9.59 Å². The average Bonchev–Trinajstić information content (AvgIpc) is 2.79. The van der Waals surface area contributed by atoms with Gasteiger partial charge in [-0.05, 0) is 37.5 Å². The van der Waals surface area contributed by atoms with Crippen LogP contribution in [-0.4, -0.2) is 45.2 Å². The number of hydrogen-bond donors (Lipinski definition) is 2. The number of rotatable bonds is 11. The van der Waals surface area contributed by atoms with E-state index in [2.05, 4.69) is 15.6 Å². The number of nitrogens with zero attached hydrogens (tertiary/aromatic N) is 2. The van der Waals surface area contributed by atoms with E-state index in [1.165, 1.54) is 0 Å². The summed E-state index contributed by atoms with van der Waals surface area (Å²) in [5.74, 6) is 3.67. The Kier molecular flexibility index (Phi) is 20.7. The molecule has 0 bridgehead atoms. The molecule has 180 valence electrons. The molecule has 8 nitrogen and oxygen atoms in total. The van der Waals surface area contributed by atoms with Crippen molar-refractivity contribution in [3.8, 4) is 0 Å². The maximum Gasteiger partial charge on any atom is 2.00 e. The first-order valence-electron chi connectivity index (χ1n) is 11.4. The van der Waals surface area contributed by atoms with Crippen molar-refractivity contribution in [2.45, 2.75) is 79.1 Å². The van der Waals surface area contributed by atoms with Gasteiger partial charge in [-0.3, -0.25) is 0 Å². The van der Waals surface area contributed by atoms with Gasteiger partial charge in [-0.2, -0.15) is 5.10 Å². The Morgan fingerprint density at radius 3 is 1.67 bits per heavy atom. The van der Waals surface area contributed by atoms with Crippen molar-refractivity contribution in [3.63, 3.8) is 0 Å². The van der Waals surface area contributed by atoms with Crippen LogP contribution in [0.15, 0.2) is 30.5 Å². The summed E-state index contributed by atoms with van der Waals surface area (Å²) in [6.07, 6.45) is 8.46. The summed E-state index contributed by atoms with van der Waals surface area (Å²) in [5.41, 5.74) is 2.50. The van der Waals surface area contributed by atoms with Crippen LogP contribution >= 0.6 is 0 Å². The first kappa shape index (κ1) is 33.2. The van der Waals surface area contributed by atoms with Gasteiger partial charge in [-0.25, -0.2) is 5.84 Å². The molecular weight excluding hydrogens is 433 g/mol. The summed E-state index contributed by atoms with van der Waals surface area (Å²) < 4.78 is 0. The SMILES string of the molecule is CCCC(CCC)C(=O)[O-].CCCC(CCC)C(=O)[O-].NNc1nncc2ccccc12.[Mg+2]. The van der Waals surface area contributed by atoms with Crippen molar-refractivity contribution in [1.82, 2.24) is 10.2 Å². The van der Waals surface area contributed by atoms with Crippen molar-refractivity contribution in [1.29, 1.82) is 0 Å². The summed E-state index contributed by atoms with van der Waals surface area (Å²) in [4.78, 5) is 20.7. The summed E-state index contributed by atoms with van der Waals surface area (Å²) in [6.45, 7) is 7.97. The quantitative estimate of drug-likeness (QED) is 0.289. The molecule has 0 saturated carbocycles. The van der Waals surface area contributed by atoms with Gasteiger partial charge in [0.05, 0.1) is 6.20 Å². The molecule has 1 aromatic carbocycles. The van der Waals surface area contributed by atoms with Crippen LogP contribution in [0.1, 0.15) is 79.1 Å². The van der Waals surface area contributed by atoms with Gasteiger partial charge in [0.25, 0.3) is 0 Å². The first-order chi connectivity index (χ1) is 15.4. The normalized spacial score (nSPS) is 9.91. The van der Waals surface area contributed by atoms with Crippen molar-refractivity contribution in [3.05, 3.63) is 30.5 Å². The largest absolute Gasteiger partial charge is 2.00 e. The van der Waals surface area contributed by atoms with Crippen molar-refractivity contribution < 1.29 is 19.8 Å². The van der Waals surface area contributed by atoms with Gasteiger partial charge in [0.1, 0.15) is 0 Å². The summed E-state index contributed by atoms with van der Waals surface area (Å²) in [7, 11) is 0. The molecule has 2 aromatic rings. The molecule has 0 radical (unpaired) electrons. The Labute approximate surface area is 213 Å². The number of fused-ring (bicyclic) bond motifs is 1. The number of nitrogens with two attached hydrogens (primary N) is 1. The fraction of sp³-hybridized carbons (Fsp3) is 0.583. The van der Waals surface area contributed by atoms with E-state index in [0.29, 0.717) is 5.82 Å². The van der Waals surface area contributed by atoms with E-state index < -0.39 is 11.9 Å². The van der Waals surface area contributed by atoms with E-state index in [1.807, 2.05) is 52.0 Å². The monoisotopic (exact) mass is 470 g/mol. The van der Waals surface area contributed by atoms with Crippen molar-refractivity contribution in [2.75, 3.05) is 5.43 Å². The molecule has 3 N–H and O–H groups in total. The van der Waals surface area contributed by atoms with E-state index in [1.54, 1.807) is 6.20 Å². The van der Waals surface area contributed by atoms with Gasteiger partial charge in [0.15, 0.2) is 5.82 Å². The summed E-state index contributed by atoms with van der Waals surface area (Å²) in [6, 6.07) is 7.79. The molecule has 0 aliphatic heterocycles. The first-order valence-corrected chi connectivity index (χ1v) is 11.4. The predicted molar refractivity (Wildman–Crippen MR) is 130 cm³/mol. The van der Waals surface area contributed by atoms with Crippen LogP contribution in [0.2, 0.25) is 0 Å². The molecule has 0 amide bonds. The third kappa shape index (κ3) is 14.0. The Morgan fingerprint density at radius 2 is 1.30 bits per heavy atom. The molecule has 1 aromatic heterocycles. The zero-order chi connectivity index (χ0) is 24.4. The number of carbonyl (C=O) groups excluding carboxylic acids is 2. The maximum absolute atomic E-state index is 10.4. The molecule has 2 rings (SSSR count). The molecule has 0 spiro atoms. The topological polar surface area (TPSA) is 144 Å². The molecule has 0 atom stereocenters. The molecule has 33 heavy (non-hydrogen) atoms. The molecule has 0 fully saturated rings. The van der Waals surface area contributed by atoms with Gasteiger partial charge >= 0.3 is 23.1 Å². The Bertz CT molecular complexity index is 749. The average molecular weight is 471 g/mol. The second kappa shape index (κ2) is 20.6. The fourth-order valence-corrected chi connectivity index (χ4v) is 3.29. The van der Waals surface area contributed by atoms with Gasteiger partial charge in [-0.15, -0.1) is 5.10 Å². The number of carboxylic acids is 2. The van der Waals surface area contributed by atoms with Crippen LogP contribution in [0.25, 0.3) is 10.8 Å². The number of hydrazine groups is 1. The molecule has 1 heterocycles. The zero-order valence-corrected chi connectivity index (χ0v) is 21.9. The number of aromatic nitrogens is 2. The number of anilines is 1. The van der Waals surface area contributed by atoms with Gasteiger partial charge in [-0.1, -0.05) is 77.6 Å². The number of hydrogen-bond acceptors (Lipinski definition) is 8. The van der Waals surface area contributed by atoms with Crippen molar-refractivity contribution >= 4 is 51.6 Å². The molecule has 0 unspecified atom stereocenters. The Hall–Kier alpha value is -1.97. The summed E-state index contributed by atoms with van der Waals surface area (Å²) >= 11 is 0. The Balaban J connectivity index is 0. The molecular formula is C24H38MgN4O4. The summed E-state index contributed by atoms with van der Waals surface area (Å²) in [5, 5.41) is 30.4. The number of nitrogens with one attached hydrogen (secondary N) is 1. The van der Waals surface area contributed by atoms with Crippen LogP contribution in [0.4, 0.5) is 5.82 Å². The number of aliphatic carboxylic acids is 2. The van der Waals surface area contributed by atoms with E-state index in [0.717, 1.165) is 62.1 Å². The van der Waals surface area contributed by atoms with Gasteiger partial charge in [0, 0.05) is 22.7 Å². The van der Waals surface area contributed by atoms with E-state index in [4.69, 9.17) is 5.84 Å². The second-order valence-corrected chi connectivity index (χ2v) is 7.61. The van der Waals surface area contributed by atoms with E-state index in [-0.39, 0.29) is 34.9 Å². The second-order valence-electron chi connectivity index (χ2n) is 7.61. The maximum atomic E-state index is 10.4. The number of carboxylic acid groups (broad SMARTS) is 2. The zero-order valence-electron chi connectivity index (χ0n) is 20.5. The van der Waals surface area contributed by atoms with Crippen molar-refractivity contribution in [2.24, 2.45) is 17.7 Å². The van der Waals surface area contributed by atoms with Gasteiger partial charge in [0.2, 0.25) is 0 Å². The molecule has 0 aliphatic carbocycles.